The van der Waals surface area contributed by atoms with Gasteiger partial charge in [0.2, 0.25) is 14.3 Å². The lowest BCUT2D eigenvalue weighted by atomic mass is 10.0. The highest BCUT2D eigenvalue weighted by atomic mass is 28.3. The summed E-state index contributed by atoms with van der Waals surface area (Å²) in [4.78, 5) is 20.5. The molecule has 0 aromatic carbocycles. The summed E-state index contributed by atoms with van der Waals surface area (Å²) in [5.41, 5.74) is 3.16. The van der Waals surface area contributed by atoms with Crippen molar-refractivity contribution >= 4 is 14.3 Å². The molecule has 0 aromatic rings. The topological polar surface area (TPSA) is 53.6 Å². The van der Waals surface area contributed by atoms with Crippen LogP contribution in [0.1, 0.15) is 32.6 Å². The number of hydrogen-bond donors (Lipinski definition) is 2. The molecule has 2 rings (SSSR count). The van der Waals surface area contributed by atoms with E-state index in [1.807, 2.05) is 0 Å². The van der Waals surface area contributed by atoms with Crippen LogP contribution in [0.2, 0.25) is 13.1 Å². The highest BCUT2D eigenvalue weighted by molar-refractivity contribution is 6.76. The highest BCUT2D eigenvalue weighted by Crippen LogP contribution is 2.27. The number of hydrogen-bond acceptors (Lipinski definition) is 4. The Morgan fingerprint density at radius 1 is 1.50 bits per heavy atom. The molecule has 2 N–H and O–H groups in total. The SMILES string of the molecule is CCCCON[C@@H]1CC[C@H]2C(=O)N[Si](C)(C)N2C1. The van der Waals surface area contributed by atoms with E-state index in [4.69, 9.17) is 4.84 Å². The van der Waals surface area contributed by atoms with Gasteiger partial charge in [-0.25, -0.2) is 0 Å². The zero-order valence-corrected chi connectivity index (χ0v) is 12.7. The Balaban J connectivity index is 1.83. The van der Waals surface area contributed by atoms with Crippen LogP contribution >= 0.6 is 0 Å². The minimum absolute atomic E-state index is 0.111. The number of nitrogens with zero attached hydrogens (tertiary/aromatic N) is 1. The van der Waals surface area contributed by atoms with Crippen molar-refractivity contribution in [1.82, 2.24) is 15.0 Å². The van der Waals surface area contributed by atoms with Crippen molar-refractivity contribution in [3.8, 4) is 0 Å². The monoisotopic (exact) mass is 271 g/mol. The van der Waals surface area contributed by atoms with Gasteiger partial charge in [0.15, 0.2) is 0 Å². The smallest absolute Gasteiger partial charge is 0.229 e. The van der Waals surface area contributed by atoms with Crippen LogP contribution in [0.15, 0.2) is 0 Å². The lowest BCUT2D eigenvalue weighted by molar-refractivity contribution is -0.122. The second kappa shape index (κ2) is 5.69. The van der Waals surface area contributed by atoms with Crippen molar-refractivity contribution in [3.05, 3.63) is 0 Å². The normalized spacial score (nSPS) is 31.2. The van der Waals surface area contributed by atoms with Gasteiger partial charge in [-0.05, 0) is 32.4 Å². The molecule has 0 unspecified atom stereocenters. The number of nitrogens with one attached hydrogen (secondary N) is 2. The Labute approximate surface area is 110 Å². The number of rotatable bonds is 5. The standard InChI is InChI=1S/C12H25N3O2Si/c1-4-5-8-17-13-10-6-7-11-12(16)14-18(2,3)15(11)9-10/h10-11,13H,4-9H2,1-3H3,(H,14,16)/t10-,11+/m1/s1. The Kier molecular flexibility index (Phi) is 4.42. The molecule has 1 amide bonds. The summed E-state index contributed by atoms with van der Waals surface area (Å²) >= 11 is 0. The molecule has 2 heterocycles. The van der Waals surface area contributed by atoms with E-state index in [-0.39, 0.29) is 11.9 Å². The van der Waals surface area contributed by atoms with Gasteiger partial charge >= 0.3 is 0 Å². The molecule has 5 nitrogen and oxygen atoms in total. The molecule has 18 heavy (non-hydrogen) atoms. The van der Waals surface area contributed by atoms with E-state index < -0.39 is 8.40 Å². The molecule has 0 radical (unpaired) electrons. The maximum absolute atomic E-state index is 11.9. The number of fused-ring (bicyclic) bond motifs is 1. The third-order valence-electron chi connectivity index (χ3n) is 3.88. The molecule has 0 aromatic heterocycles. The van der Waals surface area contributed by atoms with Gasteiger partial charge in [0.05, 0.1) is 12.6 Å². The molecule has 0 spiro atoms. The first-order chi connectivity index (χ1) is 8.54. The molecule has 0 bridgehead atoms. The van der Waals surface area contributed by atoms with Gasteiger partial charge in [0.1, 0.15) is 0 Å². The van der Waals surface area contributed by atoms with Gasteiger partial charge in [-0.15, -0.1) is 0 Å². The number of piperidine rings is 1. The van der Waals surface area contributed by atoms with E-state index >= 15 is 0 Å². The number of carbonyl (C=O) groups is 1. The Morgan fingerprint density at radius 2 is 2.28 bits per heavy atom. The molecule has 2 atom stereocenters. The van der Waals surface area contributed by atoms with Crippen molar-refractivity contribution < 1.29 is 9.63 Å². The third-order valence-corrected chi connectivity index (χ3v) is 6.67. The minimum atomic E-state index is -1.72. The molecule has 0 saturated carbocycles. The van der Waals surface area contributed by atoms with Crippen LogP contribution < -0.4 is 10.5 Å². The largest absolute Gasteiger partial charge is 0.368 e. The molecular formula is C12H25N3O2Si. The van der Waals surface area contributed by atoms with Gasteiger partial charge in [0.25, 0.3) is 0 Å². The quantitative estimate of drug-likeness (QED) is 0.444. The molecule has 2 aliphatic rings. The van der Waals surface area contributed by atoms with Crippen LogP contribution in [0, 0.1) is 0 Å². The number of amides is 1. The molecule has 2 aliphatic heterocycles. The molecule has 104 valence electrons. The fourth-order valence-electron chi connectivity index (χ4n) is 2.81. The highest BCUT2D eigenvalue weighted by Gasteiger charge is 2.49. The average molecular weight is 271 g/mol. The van der Waals surface area contributed by atoms with Crippen LogP contribution in [-0.2, 0) is 9.63 Å². The average Bonchev–Trinajstić information content (AvgIpc) is 2.55. The van der Waals surface area contributed by atoms with Crippen LogP contribution in [0.25, 0.3) is 0 Å². The van der Waals surface area contributed by atoms with Gasteiger partial charge in [-0.1, -0.05) is 13.3 Å². The van der Waals surface area contributed by atoms with Gasteiger partial charge in [-0.2, -0.15) is 5.48 Å². The Hall–Kier alpha value is -0.433. The third kappa shape index (κ3) is 2.93. The lowest BCUT2D eigenvalue weighted by Crippen LogP contribution is -2.59. The zero-order valence-electron chi connectivity index (χ0n) is 11.7. The summed E-state index contributed by atoms with van der Waals surface area (Å²) in [6.45, 7) is 8.25. The second-order valence-corrected chi connectivity index (χ2v) is 9.75. The number of unbranched alkanes of at least 4 members (excludes halogenated alkanes) is 1. The number of hydroxylamine groups is 1. The van der Waals surface area contributed by atoms with Crippen molar-refractivity contribution in [2.24, 2.45) is 0 Å². The maximum atomic E-state index is 11.9. The molecule has 6 heteroatoms. The maximum Gasteiger partial charge on any atom is 0.229 e. The number of carbonyl (C=O) groups excluding carboxylic acids is 1. The summed E-state index contributed by atoms with van der Waals surface area (Å²) in [6.07, 6.45) is 4.20. The van der Waals surface area contributed by atoms with Crippen LogP contribution in [0.5, 0.6) is 0 Å². The van der Waals surface area contributed by atoms with E-state index in [9.17, 15) is 4.79 Å². The van der Waals surface area contributed by atoms with Crippen LogP contribution in [0.3, 0.4) is 0 Å². The van der Waals surface area contributed by atoms with Crippen molar-refractivity contribution in [3.63, 3.8) is 0 Å². The van der Waals surface area contributed by atoms with Gasteiger partial charge in [0, 0.05) is 12.6 Å². The minimum Gasteiger partial charge on any atom is -0.368 e. The fraction of sp³-hybridized carbons (Fsp3) is 0.917. The Morgan fingerprint density at radius 3 is 3.00 bits per heavy atom. The van der Waals surface area contributed by atoms with Gasteiger partial charge < -0.3 is 9.82 Å². The first-order valence-corrected chi connectivity index (χ1v) is 9.95. The molecule has 0 aliphatic carbocycles. The molecular weight excluding hydrogens is 246 g/mol. The lowest BCUT2D eigenvalue weighted by Gasteiger charge is -2.38. The van der Waals surface area contributed by atoms with E-state index in [2.05, 4.69) is 35.0 Å². The predicted octanol–water partition coefficient (Wildman–Crippen LogP) is 0.972. The predicted molar refractivity (Wildman–Crippen MR) is 73.1 cm³/mol. The summed E-state index contributed by atoms with van der Waals surface area (Å²) in [7, 11) is -1.72. The first-order valence-electron chi connectivity index (χ1n) is 7.00. The van der Waals surface area contributed by atoms with Crippen LogP contribution in [0.4, 0.5) is 0 Å². The Bertz CT molecular complexity index is 312. The van der Waals surface area contributed by atoms with E-state index in [1.165, 1.54) is 0 Å². The van der Waals surface area contributed by atoms with E-state index in [0.29, 0.717) is 6.04 Å². The van der Waals surface area contributed by atoms with E-state index in [0.717, 1.165) is 38.8 Å². The van der Waals surface area contributed by atoms with Crippen molar-refractivity contribution in [2.75, 3.05) is 13.2 Å². The summed E-state index contributed by atoms with van der Waals surface area (Å²) in [5, 5.41) is 0. The van der Waals surface area contributed by atoms with Crippen molar-refractivity contribution in [2.45, 2.75) is 57.8 Å². The fourth-order valence-corrected chi connectivity index (χ4v) is 5.42. The van der Waals surface area contributed by atoms with E-state index in [1.54, 1.807) is 0 Å². The zero-order chi connectivity index (χ0) is 13.2. The summed E-state index contributed by atoms with van der Waals surface area (Å²) in [6, 6.07) is 0.470. The first kappa shape index (κ1) is 14.0. The second-order valence-electron chi connectivity index (χ2n) is 5.81. The summed E-state index contributed by atoms with van der Waals surface area (Å²) < 4.78 is 2.39. The van der Waals surface area contributed by atoms with Crippen molar-refractivity contribution in [1.29, 1.82) is 0 Å². The molecule has 2 saturated heterocycles. The molecule has 2 fully saturated rings. The van der Waals surface area contributed by atoms with Gasteiger partial charge in [-0.3, -0.25) is 9.36 Å². The van der Waals surface area contributed by atoms with Crippen LogP contribution in [-0.4, -0.2) is 44.1 Å². The summed E-state index contributed by atoms with van der Waals surface area (Å²) in [5.74, 6) is 0.233.